The number of hydrogen-bond donors (Lipinski definition) is 1. The SMILES string of the molecule is COCCC(C)N1CCC(C)C(CN)C1. The smallest absolute Gasteiger partial charge is 0.0477 e. The summed E-state index contributed by atoms with van der Waals surface area (Å²) >= 11 is 0. The average molecular weight is 214 g/mol. The molecule has 0 saturated carbocycles. The summed E-state index contributed by atoms with van der Waals surface area (Å²) in [6.45, 7) is 8.71. The molecule has 0 aromatic heterocycles. The molecule has 3 nitrogen and oxygen atoms in total. The molecular weight excluding hydrogens is 188 g/mol. The van der Waals surface area contributed by atoms with Gasteiger partial charge < -0.3 is 15.4 Å². The number of methoxy groups -OCH3 is 1. The van der Waals surface area contributed by atoms with Gasteiger partial charge >= 0.3 is 0 Å². The molecule has 0 amide bonds. The van der Waals surface area contributed by atoms with Gasteiger partial charge in [-0.1, -0.05) is 6.92 Å². The fourth-order valence-electron chi connectivity index (χ4n) is 2.36. The van der Waals surface area contributed by atoms with Crippen molar-refractivity contribution in [3.8, 4) is 0 Å². The Morgan fingerprint density at radius 1 is 1.53 bits per heavy atom. The number of ether oxygens (including phenoxy) is 1. The summed E-state index contributed by atoms with van der Waals surface area (Å²) in [5.41, 5.74) is 5.80. The van der Waals surface area contributed by atoms with Crippen molar-refractivity contribution in [2.75, 3.05) is 33.4 Å². The Labute approximate surface area is 94.0 Å². The number of hydrogen-bond acceptors (Lipinski definition) is 3. The van der Waals surface area contributed by atoms with E-state index in [0.29, 0.717) is 12.0 Å². The van der Waals surface area contributed by atoms with Gasteiger partial charge in [-0.3, -0.25) is 0 Å². The van der Waals surface area contributed by atoms with Crippen molar-refractivity contribution in [2.45, 2.75) is 32.7 Å². The lowest BCUT2D eigenvalue weighted by molar-refractivity contribution is 0.0776. The Kier molecular flexibility index (Phi) is 5.58. The third-order valence-corrected chi connectivity index (χ3v) is 3.81. The Hall–Kier alpha value is -0.120. The van der Waals surface area contributed by atoms with E-state index in [2.05, 4.69) is 18.7 Å². The van der Waals surface area contributed by atoms with E-state index >= 15 is 0 Å². The lowest BCUT2D eigenvalue weighted by atomic mass is 9.86. The van der Waals surface area contributed by atoms with Gasteiger partial charge in [-0.15, -0.1) is 0 Å². The van der Waals surface area contributed by atoms with Gasteiger partial charge in [0.1, 0.15) is 0 Å². The maximum atomic E-state index is 5.80. The minimum atomic E-state index is 0.631. The van der Waals surface area contributed by atoms with Crippen molar-refractivity contribution in [1.29, 1.82) is 0 Å². The second-order valence-corrected chi connectivity index (χ2v) is 4.89. The van der Waals surface area contributed by atoms with Crippen LogP contribution in [0.2, 0.25) is 0 Å². The largest absolute Gasteiger partial charge is 0.385 e. The first-order chi connectivity index (χ1) is 7.19. The summed E-state index contributed by atoms with van der Waals surface area (Å²) in [6.07, 6.45) is 2.42. The molecular formula is C12H26N2O. The molecule has 1 rings (SSSR count). The molecule has 2 N–H and O–H groups in total. The predicted molar refractivity (Wildman–Crippen MR) is 63.9 cm³/mol. The first kappa shape index (κ1) is 12.9. The van der Waals surface area contributed by atoms with Gasteiger partial charge in [-0.2, -0.15) is 0 Å². The van der Waals surface area contributed by atoms with E-state index < -0.39 is 0 Å². The monoisotopic (exact) mass is 214 g/mol. The zero-order chi connectivity index (χ0) is 11.3. The number of piperidine rings is 1. The number of nitrogens with two attached hydrogens (primary N) is 1. The standard InChI is InChI=1S/C12H26N2O/c1-10-4-6-14(9-12(10)8-13)11(2)5-7-15-3/h10-12H,4-9,13H2,1-3H3. The third-order valence-electron chi connectivity index (χ3n) is 3.81. The Morgan fingerprint density at radius 3 is 2.87 bits per heavy atom. The molecule has 0 spiro atoms. The molecule has 90 valence electrons. The average Bonchev–Trinajstić information content (AvgIpc) is 2.26. The zero-order valence-electron chi connectivity index (χ0n) is 10.4. The highest BCUT2D eigenvalue weighted by molar-refractivity contribution is 4.81. The number of likely N-dealkylation sites (tertiary alicyclic amines) is 1. The van der Waals surface area contributed by atoms with Crippen molar-refractivity contribution in [2.24, 2.45) is 17.6 Å². The lowest BCUT2D eigenvalue weighted by Gasteiger charge is -2.39. The van der Waals surface area contributed by atoms with Crippen LogP contribution in [-0.4, -0.2) is 44.3 Å². The zero-order valence-corrected chi connectivity index (χ0v) is 10.4. The molecule has 1 saturated heterocycles. The Morgan fingerprint density at radius 2 is 2.27 bits per heavy atom. The summed E-state index contributed by atoms with van der Waals surface area (Å²) < 4.78 is 5.13. The summed E-state index contributed by atoms with van der Waals surface area (Å²) in [4.78, 5) is 2.57. The molecule has 3 heteroatoms. The van der Waals surface area contributed by atoms with Gasteiger partial charge in [0, 0.05) is 26.3 Å². The van der Waals surface area contributed by atoms with Crippen molar-refractivity contribution in [3.63, 3.8) is 0 Å². The van der Waals surface area contributed by atoms with Crippen LogP contribution in [0, 0.1) is 11.8 Å². The van der Waals surface area contributed by atoms with E-state index in [0.717, 1.165) is 25.5 Å². The molecule has 1 aliphatic rings. The first-order valence-corrected chi connectivity index (χ1v) is 6.12. The molecule has 0 bridgehead atoms. The highest BCUT2D eigenvalue weighted by atomic mass is 16.5. The summed E-state index contributed by atoms with van der Waals surface area (Å²) in [7, 11) is 1.77. The van der Waals surface area contributed by atoms with Gasteiger partial charge in [-0.25, -0.2) is 0 Å². The van der Waals surface area contributed by atoms with E-state index in [4.69, 9.17) is 10.5 Å². The quantitative estimate of drug-likeness (QED) is 0.750. The second kappa shape index (κ2) is 6.46. The van der Waals surface area contributed by atoms with Crippen LogP contribution in [-0.2, 0) is 4.74 Å². The normalized spacial score (nSPS) is 30.4. The maximum Gasteiger partial charge on any atom is 0.0477 e. The molecule has 1 fully saturated rings. The number of rotatable bonds is 5. The van der Waals surface area contributed by atoms with E-state index in [9.17, 15) is 0 Å². The number of nitrogens with zero attached hydrogens (tertiary/aromatic N) is 1. The van der Waals surface area contributed by atoms with Crippen LogP contribution < -0.4 is 5.73 Å². The van der Waals surface area contributed by atoms with E-state index in [1.165, 1.54) is 19.5 Å². The molecule has 3 unspecified atom stereocenters. The lowest BCUT2D eigenvalue weighted by Crippen LogP contribution is -2.46. The summed E-state index contributed by atoms with van der Waals surface area (Å²) in [5, 5.41) is 0. The van der Waals surface area contributed by atoms with E-state index in [-0.39, 0.29) is 0 Å². The minimum absolute atomic E-state index is 0.631. The fourth-order valence-corrected chi connectivity index (χ4v) is 2.36. The second-order valence-electron chi connectivity index (χ2n) is 4.89. The van der Waals surface area contributed by atoms with Crippen LogP contribution >= 0.6 is 0 Å². The first-order valence-electron chi connectivity index (χ1n) is 6.12. The van der Waals surface area contributed by atoms with Crippen molar-refractivity contribution >= 4 is 0 Å². The summed E-state index contributed by atoms with van der Waals surface area (Å²) in [6, 6.07) is 0.631. The van der Waals surface area contributed by atoms with Gasteiger partial charge in [0.2, 0.25) is 0 Å². The van der Waals surface area contributed by atoms with Crippen LogP contribution in [0.25, 0.3) is 0 Å². The molecule has 0 aliphatic carbocycles. The van der Waals surface area contributed by atoms with Gasteiger partial charge in [0.15, 0.2) is 0 Å². The molecule has 1 aliphatic heterocycles. The molecule has 3 atom stereocenters. The Bertz CT molecular complexity index is 175. The van der Waals surface area contributed by atoms with Gasteiger partial charge in [0.25, 0.3) is 0 Å². The van der Waals surface area contributed by atoms with Crippen molar-refractivity contribution < 1.29 is 4.74 Å². The molecule has 0 aromatic carbocycles. The van der Waals surface area contributed by atoms with Crippen LogP contribution in [0.4, 0.5) is 0 Å². The van der Waals surface area contributed by atoms with Crippen LogP contribution in [0.15, 0.2) is 0 Å². The topological polar surface area (TPSA) is 38.5 Å². The summed E-state index contributed by atoms with van der Waals surface area (Å²) in [5.74, 6) is 1.48. The molecule has 1 heterocycles. The highest BCUT2D eigenvalue weighted by Gasteiger charge is 2.27. The Balaban J connectivity index is 2.36. The predicted octanol–water partition coefficient (Wildman–Crippen LogP) is 1.33. The van der Waals surface area contributed by atoms with Crippen LogP contribution in [0.5, 0.6) is 0 Å². The van der Waals surface area contributed by atoms with E-state index in [1.807, 2.05) is 0 Å². The maximum absolute atomic E-state index is 5.80. The minimum Gasteiger partial charge on any atom is -0.385 e. The van der Waals surface area contributed by atoms with E-state index in [1.54, 1.807) is 7.11 Å². The van der Waals surface area contributed by atoms with Crippen molar-refractivity contribution in [3.05, 3.63) is 0 Å². The van der Waals surface area contributed by atoms with Crippen LogP contribution in [0.3, 0.4) is 0 Å². The highest BCUT2D eigenvalue weighted by Crippen LogP contribution is 2.24. The fraction of sp³-hybridized carbons (Fsp3) is 1.00. The molecule has 0 aromatic rings. The van der Waals surface area contributed by atoms with Gasteiger partial charge in [-0.05, 0) is 44.7 Å². The third kappa shape index (κ3) is 3.74. The van der Waals surface area contributed by atoms with Crippen LogP contribution in [0.1, 0.15) is 26.7 Å². The van der Waals surface area contributed by atoms with Gasteiger partial charge in [0.05, 0.1) is 0 Å². The molecule has 0 radical (unpaired) electrons. The molecule has 15 heavy (non-hydrogen) atoms. The van der Waals surface area contributed by atoms with Crippen molar-refractivity contribution in [1.82, 2.24) is 4.90 Å².